The summed E-state index contributed by atoms with van der Waals surface area (Å²) in [7, 11) is -3.96. The first-order valence-corrected chi connectivity index (χ1v) is 11.1. The molecule has 6 nitrogen and oxygen atoms in total. The maximum absolute atomic E-state index is 12.7. The van der Waals surface area contributed by atoms with Crippen molar-refractivity contribution in [2.75, 3.05) is 11.3 Å². The number of hydrogen-bond acceptors (Lipinski definition) is 4. The number of sulfonamides is 1. The average molecular weight is 445 g/mol. The standard InChI is InChI=1S/C22H21ClN2O4S/c1-2-29-19-10-6-7-16(13-19)15-24-22(26)17-11-12-20(23)21(14-17)30(27,28)25-18-8-4-3-5-9-18/h3-14,25H,2,15H2,1H3,(H,24,26). The minimum Gasteiger partial charge on any atom is -0.494 e. The van der Waals surface area contributed by atoms with E-state index in [0.29, 0.717) is 12.3 Å². The van der Waals surface area contributed by atoms with E-state index in [1.165, 1.54) is 18.2 Å². The third-order valence-corrected chi connectivity index (χ3v) is 6.03. The van der Waals surface area contributed by atoms with Crippen molar-refractivity contribution in [3.8, 4) is 5.75 Å². The third-order valence-electron chi connectivity index (χ3n) is 4.17. The lowest BCUT2D eigenvalue weighted by Gasteiger charge is -2.12. The number of anilines is 1. The van der Waals surface area contributed by atoms with Gasteiger partial charge in [0.25, 0.3) is 15.9 Å². The molecule has 0 bridgehead atoms. The van der Waals surface area contributed by atoms with Crippen LogP contribution in [0, 0.1) is 0 Å². The molecular weight excluding hydrogens is 424 g/mol. The Balaban J connectivity index is 1.75. The molecule has 30 heavy (non-hydrogen) atoms. The van der Waals surface area contributed by atoms with Gasteiger partial charge in [0.2, 0.25) is 0 Å². The molecule has 0 atom stereocenters. The highest BCUT2D eigenvalue weighted by atomic mass is 35.5. The second-order valence-corrected chi connectivity index (χ2v) is 8.44. The van der Waals surface area contributed by atoms with Gasteiger partial charge in [0.1, 0.15) is 10.6 Å². The fourth-order valence-corrected chi connectivity index (χ4v) is 4.35. The summed E-state index contributed by atoms with van der Waals surface area (Å²) in [5.74, 6) is 0.306. The summed E-state index contributed by atoms with van der Waals surface area (Å²) in [5, 5.41) is 2.81. The van der Waals surface area contributed by atoms with Gasteiger partial charge in [-0.05, 0) is 55.0 Å². The van der Waals surface area contributed by atoms with E-state index in [-0.39, 0.29) is 22.0 Å². The van der Waals surface area contributed by atoms with Crippen LogP contribution in [0.25, 0.3) is 0 Å². The van der Waals surface area contributed by atoms with Crippen LogP contribution in [0.4, 0.5) is 5.69 Å². The molecule has 3 rings (SSSR count). The molecule has 8 heteroatoms. The minimum absolute atomic E-state index is 0.0272. The van der Waals surface area contributed by atoms with E-state index in [0.717, 1.165) is 11.3 Å². The lowest BCUT2D eigenvalue weighted by atomic mass is 10.2. The number of rotatable bonds is 8. The van der Waals surface area contributed by atoms with Gasteiger partial charge in [0.05, 0.1) is 11.6 Å². The summed E-state index contributed by atoms with van der Waals surface area (Å²) in [6.45, 7) is 2.72. The van der Waals surface area contributed by atoms with Gasteiger partial charge < -0.3 is 10.1 Å². The topological polar surface area (TPSA) is 84.5 Å². The molecule has 0 unspecified atom stereocenters. The zero-order valence-electron chi connectivity index (χ0n) is 16.3. The number of amides is 1. The molecule has 0 heterocycles. The molecule has 0 aliphatic rings. The minimum atomic E-state index is -3.96. The fourth-order valence-electron chi connectivity index (χ4n) is 2.76. The van der Waals surface area contributed by atoms with Crippen molar-refractivity contribution in [2.24, 2.45) is 0 Å². The summed E-state index contributed by atoms with van der Waals surface area (Å²) in [6, 6.07) is 20.0. The highest BCUT2D eigenvalue weighted by Gasteiger charge is 2.20. The lowest BCUT2D eigenvalue weighted by molar-refractivity contribution is 0.0950. The third kappa shape index (κ3) is 5.52. The first-order chi connectivity index (χ1) is 14.4. The zero-order chi connectivity index (χ0) is 21.6. The molecule has 0 spiro atoms. The predicted molar refractivity (Wildman–Crippen MR) is 117 cm³/mol. The molecule has 3 aromatic carbocycles. The van der Waals surface area contributed by atoms with Gasteiger partial charge in [-0.15, -0.1) is 0 Å². The fraction of sp³-hybridized carbons (Fsp3) is 0.136. The van der Waals surface area contributed by atoms with Crippen LogP contribution in [0.3, 0.4) is 0 Å². The van der Waals surface area contributed by atoms with Crippen LogP contribution in [0.2, 0.25) is 5.02 Å². The molecule has 0 aromatic heterocycles. The number of ether oxygens (including phenoxy) is 1. The molecule has 1 amide bonds. The molecule has 3 aromatic rings. The van der Waals surface area contributed by atoms with E-state index in [4.69, 9.17) is 16.3 Å². The van der Waals surface area contributed by atoms with Crippen molar-refractivity contribution in [2.45, 2.75) is 18.4 Å². The molecular formula is C22H21ClN2O4S. The van der Waals surface area contributed by atoms with Gasteiger partial charge in [-0.3, -0.25) is 9.52 Å². The molecule has 0 aliphatic heterocycles. The first kappa shape index (κ1) is 21.7. The van der Waals surface area contributed by atoms with Crippen molar-refractivity contribution < 1.29 is 17.9 Å². The number of para-hydroxylation sites is 1. The van der Waals surface area contributed by atoms with Crippen LogP contribution in [0.5, 0.6) is 5.75 Å². The number of carbonyl (C=O) groups is 1. The van der Waals surface area contributed by atoms with E-state index in [9.17, 15) is 13.2 Å². The average Bonchev–Trinajstić information content (AvgIpc) is 2.73. The van der Waals surface area contributed by atoms with Crippen molar-refractivity contribution in [3.63, 3.8) is 0 Å². The number of halogens is 1. The van der Waals surface area contributed by atoms with Crippen LogP contribution < -0.4 is 14.8 Å². The van der Waals surface area contributed by atoms with Crippen LogP contribution in [-0.4, -0.2) is 20.9 Å². The number of hydrogen-bond donors (Lipinski definition) is 2. The molecule has 0 saturated heterocycles. The molecule has 0 saturated carbocycles. The summed E-state index contributed by atoms with van der Waals surface area (Å²) >= 11 is 6.11. The van der Waals surface area contributed by atoms with E-state index < -0.39 is 15.9 Å². The second kappa shape index (κ2) is 9.65. The quantitative estimate of drug-likeness (QED) is 0.536. The molecule has 0 radical (unpaired) electrons. The van der Waals surface area contributed by atoms with E-state index in [1.807, 2.05) is 31.2 Å². The lowest BCUT2D eigenvalue weighted by Crippen LogP contribution is -2.23. The zero-order valence-corrected chi connectivity index (χ0v) is 17.8. The normalized spacial score (nSPS) is 11.0. The highest BCUT2D eigenvalue weighted by Crippen LogP contribution is 2.25. The molecule has 156 valence electrons. The Bertz CT molecular complexity index is 1130. The smallest absolute Gasteiger partial charge is 0.263 e. The Morgan fingerprint density at radius 1 is 1.00 bits per heavy atom. The molecule has 0 fully saturated rings. The van der Waals surface area contributed by atoms with Crippen LogP contribution in [-0.2, 0) is 16.6 Å². The maximum atomic E-state index is 12.7. The van der Waals surface area contributed by atoms with Crippen LogP contribution >= 0.6 is 11.6 Å². The SMILES string of the molecule is CCOc1cccc(CNC(=O)c2ccc(Cl)c(S(=O)(=O)Nc3ccccc3)c2)c1. The maximum Gasteiger partial charge on any atom is 0.263 e. The summed E-state index contributed by atoms with van der Waals surface area (Å²) < 4.78 is 33.4. The summed E-state index contributed by atoms with van der Waals surface area (Å²) in [5.41, 5.74) is 1.45. The monoisotopic (exact) mass is 444 g/mol. The van der Waals surface area contributed by atoms with E-state index >= 15 is 0 Å². The van der Waals surface area contributed by atoms with Gasteiger partial charge in [-0.25, -0.2) is 8.42 Å². The van der Waals surface area contributed by atoms with Crippen LogP contribution in [0.15, 0.2) is 77.7 Å². The van der Waals surface area contributed by atoms with E-state index in [1.54, 1.807) is 30.3 Å². The van der Waals surface area contributed by atoms with Crippen molar-refractivity contribution in [3.05, 3.63) is 88.9 Å². The Hall–Kier alpha value is -3.03. The van der Waals surface area contributed by atoms with Gasteiger partial charge in [0, 0.05) is 17.8 Å². The van der Waals surface area contributed by atoms with Crippen molar-refractivity contribution in [1.82, 2.24) is 5.32 Å². The molecule has 2 N–H and O–H groups in total. The predicted octanol–water partition coefficient (Wildman–Crippen LogP) is 4.47. The first-order valence-electron chi connectivity index (χ1n) is 9.26. The highest BCUT2D eigenvalue weighted by molar-refractivity contribution is 7.92. The Morgan fingerprint density at radius 3 is 2.50 bits per heavy atom. The van der Waals surface area contributed by atoms with Gasteiger partial charge >= 0.3 is 0 Å². The Labute approximate surface area is 180 Å². The molecule has 0 aliphatic carbocycles. The summed E-state index contributed by atoms with van der Waals surface area (Å²) in [6.07, 6.45) is 0. The van der Waals surface area contributed by atoms with Crippen LogP contribution in [0.1, 0.15) is 22.8 Å². The number of nitrogens with one attached hydrogen (secondary N) is 2. The largest absolute Gasteiger partial charge is 0.494 e. The van der Waals surface area contributed by atoms with Gasteiger partial charge in [0.15, 0.2) is 0 Å². The number of carbonyl (C=O) groups excluding carboxylic acids is 1. The number of benzene rings is 3. The Kier molecular flexibility index (Phi) is 6.97. The summed E-state index contributed by atoms with van der Waals surface area (Å²) in [4.78, 5) is 12.4. The van der Waals surface area contributed by atoms with Crippen molar-refractivity contribution >= 4 is 33.2 Å². The van der Waals surface area contributed by atoms with Gasteiger partial charge in [-0.2, -0.15) is 0 Å². The van der Waals surface area contributed by atoms with E-state index in [2.05, 4.69) is 10.0 Å². The Morgan fingerprint density at radius 2 is 1.77 bits per heavy atom. The second-order valence-electron chi connectivity index (χ2n) is 6.38. The van der Waals surface area contributed by atoms with Crippen molar-refractivity contribution in [1.29, 1.82) is 0 Å². The van der Waals surface area contributed by atoms with Gasteiger partial charge in [-0.1, -0.05) is 41.9 Å².